The number of unbranched alkanes of at least 4 members (excludes halogenated alkanes) is 1. The molecule has 4 rings (SSSR count). The molecule has 1 unspecified atom stereocenters. The van der Waals surface area contributed by atoms with E-state index in [0.29, 0.717) is 19.0 Å². The van der Waals surface area contributed by atoms with Gasteiger partial charge in [-0.25, -0.2) is 14.3 Å². The number of rotatable bonds is 7. The van der Waals surface area contributed by atoms with Gasteiger partial charge >= 0.3 is 6.09 Å². The summed E-state index contributed by atoms with van der Waals surface area (Å²) in [5.74, 6) is 1.14. The summed E-state index contributed by atoms with van der Waals surface area (Å²) in [7, 11) is 0. The molecule has 0 spiro atoms. The number of hydrogen-bond donors (Lipinski definition) is 1. The van der Waals surface area contributed by atoms with E-state index >= 15 is 0 Å². The van der Waals surface area contributed by atoms with Crippen LogP contribution >= 0.6 is 0 Å². The zero-order valence-electron chi connectivity index (χ0n) is 18.8. The molecule has 0 fully saturated rings. The van der Waals surface area contributed by atoms with Gasteiger partial charge in [-0.05, 0) is 48.6 Å². The normalized spacial score (nSPS) is 14.2. The van der Waals surface area contributed by atoms with Gasteiger partial charge in [0.2, 0.25) is 0 Å². The number of aromatic nitrogens is 3. The first-order valence-electron chi connectivity index (χ1n) is 11.1. The molecule has 1 aliphatic heterocycles. The molecule has 0 saturated heterocycles. The predicted octanol–water partition coefficient (Wildman–Crippen LogP) is 5.11. The van der Waals surface area contributed by atoms with Gasteiger partial charge in [0.15, 0.2) is 5.65 Å². The number of carbonyl (C=O) groups is 1. The van der Waals surface area contributed by atoms with Crippen LogP contribution in [-0.4, -0.2) is 38.2 Å². The van der Waals surface area contributed by atoms with Gasteiger partial charge in [0, 0.05) is 25.2 Å². The van der Waals surface area contributed by atoms with Crippen LogP contribution in [-0.2, 0) is 17.8 Å². The molecule has 0 saturated carbocycles. The largest absolute Gasteiger partial charge is 0.446 e. The van der Waals surface area contributed by atoms with Crippen molar-refractivity contribution in [2.45, 2.75) is 59.7 Å². The Bertz CT molecular complexity index is 1080. The van der Waals surface area contributed by atoms with Crippen molar-refractivity contribution in [2.24, 2.45) is 5.92 Å². The third-order valence-electron chi connectivity index (χ3n) is 5.91. The number of hydrogen-bond acceptors (Lipinski definition) is 5. The Kier molecular flexibility index (Phi) is 6.11. The van der Waals surface area contributed by atoms with Gasteiger partial charge in [-0.2, -0.15) is 0 Å². The minimum absolute atomic E-state index is 0.101. The van der Waals surface area contributed by atoms with Crippen molar-refractivity contribution in [3.8, 4) is 11.3 Å². The summed E-state index contributed by atoms with van der Waals surface area (Å²) in [5.41, 5.74) is 5.08. The molecule has 1 aromatic carbocycles. The van der Waals surface area contributed by atoms with E-state index in [1.807, 2.05) is 29.8 Å². The van der Waals surface area contributed by atoms with Crippen molar-refractivity contribution in [1.29, 1.82) is 0 Å². The summed E-state index contributed by atoms with van der Waals surface area (Å²) in [5, 5.41) is 8.10. The van der Waals surface area contributed by atoms with Crippen molar-refractivity contribution < 1.29 is 9.53 Å². The van der Waals surface area contributed by atoms with E-state index in [1.165, 1.54) is 0 Å². The Labute approximate surface area is 183 Å². The van der Waals surface area contributed by atoms with E-state index in [-0.39, 0.29) is 12.2 Å². The molecule has 3 heterocycles. The maximum atomic E-state index is 12.5. The first-order chi connectivity index (χ1) is 15.0. The van der Waals surface area contributed by atoms with Crippen LogP contribution in [0.25, 0.3) is 16.9 Å². The van der Waals surface area contributed by atoms with Crippen molar-refractivity contribution >= 4 is 17.6 Å². The molecule has 0 aliphatic carbocycles. The monoisotopic (exact) mass is 421 g/mol. The Hall–Kier alpha value is -3.09. The third-order valence-corrected chi connectivity index (χ3v) is 5.91. The van der Waals surface area contributed by atoms with E-state index in [2.05, 4.69) is 49.3 Å². The Morgan fingerprint density at radius 3 is 2.74 bits per heavy atom. The Balaban J connectivity index is 1.54. The lowest BCUT2D eigenvalue weighted by Crippen LogP contribution is -2.31. The zero-order chi connectivity index (χ0) is 22.0. The molecule has 0 radical (unpaired) electrons. The molecule has 7 nitrogen and oxygen atoms in total. The highest BCUT2D eigenvalue weighted by Gasteiger charge is 2.27. The molecule has 2 aromatic heterocycles. The van der Waals surface area contributed by atoms with Gasteiger partial charge < -0.3 is 10.1 Å². The van der Waals surface area contributed by atoms with Crippen LogP contribution < -0.4 is 5.32 Å². The van der Waals surface area contributed by atoms with Gasteiger partial charge in [-0.1, -0.05) is 39.3 Å². The minimum atomic E-state index is -0.252. The number of nitrogens with one attached hydrogen (secondary N) is 1. The topological polar surface area (TPSA) is 71.8 Å². The molecule has 0 bridgehead atoms. The van der Waals surface area contributed by atoms with Crippen LogP contribution in [0.1, 0.15) is 51.7 Å². The van der Waals surface area contributed by atoms with Crippen LogP contribution in [0.3, 0.4) is 0 Å². The second kappa shape index (κ2) is 8.96. The number of nitrogens with zero attached hydrogens (tertiary/aromatic N) is 4. The van der Waals surface area contributed by atoms with Gasteiger partial charge in [0.25, 0.3) is 0 Å². The van der Waals surface area contributed by atoms with E-state index in [4.69, 9.17) is 9.84 Å². The highest BCUT2D eigenvalue weighted by atomic mass is 16.6. The zero-order valence-corrected chi connectivity index (χ0v) is 18.8. The second-order valence-corrected chi connectivity index (χ2v) is 8.58. The second-order valence-electron chi connectivity index (χ2n) is 8.58. The van der Waals surface area contributed by atoms with Gasteiger partial charge in [0.1, 0.15) is 11.9 Å². The SMILES string of the molecule is CCCCNc1ccc2ncc(-c3ccc4c(c3)CN(C(=O)OC(C)C(C)C)C4)n2n1. The summed E-state index contributed by atoms with van der Waals surface area (Å²) < 4.78 is 7.47. The van der Waals surface area contributed by atoms with Crippen molar-refractivity contribution in [1.82, 2.24) is 19.5 Å². The number of fused-ring (bicyclic) bond motifs is 2. The maximum absolute atomic E-state index is 12.5. The lowest BCUT2D eigenvalue weighted by atomic mass is 10.0. The van der Waals surface area contributed by atoms with Crippen molar-refractivity contribution in [3.05, 3.63) is 47.7 Å². The molecule has 7 heteroatoms. The highest BCUT2D eigenvalue weighted by Crippen LogP contribution is 2.29. The molecule has 1 N–H and O–H groups in total. The van der Waals surface area contributed by atoms with Gasteiger partial charge in [-0.3, -0.25) is 4.90 Å². The number of imidazole rings is 1. The standard InChI is InChI=1S/C24H31N5O2/c1-5-6-11-25-22-9-10-23-26-13-21(29(23)27-22)18-7-8-19-14-28(15-20(19)12-18)24(30)31-17(4)16(2)3/h7-10,12-13,16-17H,5-6,11,14-15H2,1-4H3,(H,25,27). The van der Waals surface area contributed by atoms with E-state index in [0.717, 1.165) is 53.2 Å². The van der Waals surface area contributed by atoms with Crippen LogP contribution in [0.5, 0.6) is 0 Å². The summed E-state index contributed by atoms with van der Waals surface area (Å²) in [6.07, 6.45) is 3.75. The Morgan fingerprint density at radius 2 is 1.97 bits per heavy atom. The fraction of sp³-hybridized carbons (Fsp3) is 0.458. The van der Waals surface area contributed by atoms with E-state index in [1.54, 1.807) is 4.90 Å². The molecular weight excluding hydrogens is 390 g/mol. The predicted molar refractivity (Wildman–Crippen MR) is 122 cm³/mol. The first-order valence-corrected chi connectivity index (χ1v) is 11.1. The number of ether oxygens (including phenoxy) is 1. The first kappa shape index (κ1) is 21.2. The average molecular weight is 422 g/mol. The summed E-state index contributed by atoms with van der Waals surface area (Å²) >= 11 is 0. The van der Waals surface area contributed by atoms with Crippen molar-refractivity contribution in [3.63, 3.8) is 0 Å². The average Bonchev–Trinajstić information content (AvgIpc) is 3.37. The number of anilines is 1. The number of carbonyl (C=O) groups excluding carboxylic acids is 1. The van der Waals surface area contributed by atoms with E-state index < -0.39 is 0 Å². The third kappa shape index (κ3) is 4.50. The smallest absolute Gasteiger partial charge is 0.410 e. The number of amides is 1. The molecule has 1 aliphatic rings. The van der Waals surface area contributed by atoms with Crippen LogP contribution in [0, 0.1) is 5.92 Å². The summed E-state index contributed by atoms with van der Waals surface area (Å²) in [6.45, 7) is 10.3. The fourth-order valence-electron chi connectivity index (χ4n) is 3.61. The molecule has 164 valence electrons. The number of benzene rings is 1. The summed E-state index contributed by atoms with van der Waals surface area (Å²) in [6, 6.07) is 10.2. The van der Waals surface area contributed by atoms with Gasteiger partial charge in [-0.15, -0.1) is 5.10 Å². The lowest BCUT2D eigenvalue weighted by Gasteiger charge is -2.21. The quantitative estimate of drug-likeness (QED) is 0.537. The molecule has 3 aromatic rings. The van der Waals surface area contributed by atoms with Crippen LogP contribution in [0.4, 0.5) is 10.6 Å². The van der Waals surface area contributed by atoms with E-state index in [9.17, 15) is 4.79 Å². The Morgan fingerprint density at radius 1 is 1.16 bits per heavy atom. The molecule has 1 amide bonds. The van der Waals surface area contributed by atoms with Gasteiger partial charge in [0.05, 0.1) is 11.9 Å². The minimum Gasteiger partial charge on any atom is -0.446 e. The molecule has 31 heavy (non-hydrogen) atoms. The summed E-state index contributed by atoms with van der Waals surface area (Å²) in [4.78, 5) is 18.8. The molecule has 1 atom stereocenters. The van der Waals surface area contributed by atoms with Crippen LogP contribution in [0.15, 0.2) is 36.5 Å². The lowest BCUT2D eigenvalue weighted by molar-refractivity contribution is 0.0500. The highest BCUT2D eigenvalue weighted by molar-refractivity contribution is 5.70. The molecular formula is C24H31N5O2. The van der Waals surface area contributed by atoms with Crippen molar-refractivity contribution in [2.75, 3.05) is 11.9 Å². The van der Waals surface area contributed by atoms with Crippen LogP contribution in [0.2, 0.25) is 0 Å². The maximum Gasteiger partial charge on any atom is 0.410 e. The fourth-order valence-corrected chi connectivity index (χ4v) is 3.61.